The van der Waals surface area contributed by atoms with Crippen LogP contribution in [-0.2, 0) is 13.0 Å². The number of nitrogens with one attached hydrogen (secondary N) is 1. The lowest BCUT2D eigenvalue weighted by Gasteiger charge is -2.13. The number of hydrogen-bond acceptors (Lipinski definition) is 2. The molecular formula is C14H15Cl2NS. The third-order valence-electron chi connectivity index (χ3n) is 2.73. The maximum absolute atomic E-state index is 5.99. The Labute approximate surface area is 122 Å². The quantitative estimate of drug-likeness (QED) is 0.838. The van der Waals surface area contributed by atoms with Gasteiger partial charge in [0.15, 0.2) is 0 Å². The first-order chi connectivity index (χ1) is 8.65. The van der Waals surface area contributed by atoms with E-state index in [1.54, 1.807) is 11.3 Å². The predicted molar refractivity (Wildman–Crippen MR) is 80.8 cm³/mol. The van der Waals surface area contributed by atoms with E-state index in [1.165, 1.54) is 4.88 Å². The third kappa shape index (κ3) is 3.99. The molecule has 0 aliphatic rings. The largest absolute Gasteiger partial charge is 0.310 e. The number of rotatable bonds is 5. The smallest absolute Gasteiger partial charge is 0.0595 e. The average Bonchev–Trinajstić information content (AvgIpc) is 2.83. The van der Waals surface area contributed by atoms with Gasteiger partial charge in [0.1, 0.15) is 0 Å². The van der Waals surface area contributed by atoms with Crippen LogP contribution in [0.1, 0.15) is 17.4 Å². The lowest BCUT2D eigenvalue weighted by atomic mass is 10.1. The van der Waals surface area contributed by atoms with Gasteiger partial charge in [0, 0.05) is 17.5 Å². The fourth-order valence-corrected chi connectivity index (χ4v) is 2.90. The molecule has 1 unspecified atom stereocenters. The maximum Gasteiger partial charge on any atom is 0.0595 e. The van der Waals surface area contributed by atoms with Gasteiger partial charge in [-0.15, -0.1) is 11.3 Å². The molecule has 18 heavy (non-hydrogen) atoms. The van der Waals surface area contributed by atoms with Crippen LogP contribution in [0.3, 0.4) is 0 Å². The summed E-state index contributed by atoms with van der Waals surface area (Å²) >= 11 is 13.7. The first-order valence-corrected chi connectivity index (χ1v) is 7.48. The molecule has 1 N–H and O–H groups in total. The standard InChI is InChI=1S/C14H15Cl2NS/c1-10(7-12-3-2-6-18-12)17-9-11-4-5-13(15)14(16)8-11/h2-6,8,10,17H,7,9H2,1H3. The second kappa shape index (κ2) is 6.58. The third-order valence-corrected chi connectivity index (χ3v) is 4.36. The number of benzene rings is 1. The molecule has 0 radical (unpaired) electrons. The van der Waals surface area contributed by atoms with Crippen LogP contribution >= 0.6 is 34.5 Å². The van der Waals surface area contributed by atoms with Gasteiger partial charge in [0.05, 0.1) is 10.0 Å². The van der Waals surface area contributed by atoms with Crippen molar-refractivity contribution in [3.8, 4) is 0 Å². The minimum Gasteiger partial charge on any atom is -0.310 e. The molecule has 0 fully saturated rings. The Morgan fingerprint density at radius 3 is 2.72 bits per heavy atom. The van der Waals surface area contributed by atoms with Crippen molar-refractivity contribution in [2.24, 2.45) is 0 Å². The van der Waals surface area contributed by atoms with Crippen molar-refractivity contribution in [3.05, 3.63) is 56.2 Å². The summed E-state index contributed by atoms with van der Waals surface area (Å²) in [6.45, 7) is 3.00. The first kappa shape index (κ1) is 13.9. The minimum absolute atomic E-state index is 0.443. The van der Waals surface area contributed by atoms with Gasteiger partial charge in [-0.25, -0.2) is 0 Å². The van der Waals surface area contributed by atoms with Crippen LogP contribution in [0.25, 0.3) is 0 Å². The number of hydrogen-bond donors (Lipinski definition) is 1. The molecule has 0 saturated heterocycles. The van der Waals surface area contributed by atoms with Gasteiger partial charge >= 0.3 is 0 Å². The van der Waals surface area contributed by atoms with Gasteiger partial charge in [0.25, 0.3) is 0 Å². The maximum atomic E-state index is 5.99. The zero-order chi connectivity index (χ0) is 13.0. The zero-order valence-corrected chi connectivity index (χ0v) is 12.4. The summed E-state index contributed by atoms with van der Waals surface area (Å²) in [4.78, 5) is 1.41. The molecule has 2 rings (SSSR count). The highest BCUT2D eigenvalue weighted by Gasteiger charge is 2.05. The van der Waals surface area contributed by atoms with Gasteiger partial charge in [-0.1, -0.05) is 35.3 Å². The molecule has 1 heterocycles. The molecule has 96 valence electrons. The lowest BCUT2D eigenvalue weighted by Crippen LogP contribution is -2.27. The molecule has 1 atom stereocenters. The van der Waals surface area contributed by atoms with Gasteiger partial charge in [-0.05, 0) is 42.5 Å². The van der Waals surface area contributed by atoms with Gasteiger partial charge in [-0.2, -0.15) is 0 Å². The van der Waals surface area contributed by atoms with Crippen molar-refractivity contribution in [1.29, 1.82) is 0 Å². The average molecular weight is 300 g/mol. The van der Waals surface area contributed by atoms with E-state index in [2.05, 4.69) is 29.8 Å². The van der Waals surface area contributed by atoms with Gasteiger partial charge in [-0.3, -0.25) is 0 Å². The Hall–Kier alpha value is -0.540. The van der Waals surface area contributed by atoms with Gasteiger partial charge < -0.3 is 5.32 Å². The fraction of sp³-hybridized carbons (Fsp3) is 0.286. The second-order valence-corrected chi connectivity index (χ2v) is 6.16. The van der Waals surface area contributed by atoms with E-state index in [1.807, 2.05) is 18.2 Å². The lowest BCUT2D eigenvalue weighted by molar-refractivity contribution is 0.548. The molecule has 0 aliphatic carbocycles. The molecular weight excluding hydrogens is 285 g/mol. The van der Waals surface area contributed by atoms with Crippen LogP contribution in [0.2, 0.25) is 10.0 Å². The van der Waals surface area contributed by atoms with E-state index < -0.39 is 0 Å². The highest BCUT2D eigenvalue weighted by molar-refractivity contribution is 7.09. The van der Waals surface area contributed by atoms with E-state index >= 15 is 0 Å². The molecule has 2 aromatic rings. The Morgan fingerprint density at radius 1 is 1.22 bits per heavy atom. The number of thiophene rings is 1. The van der Waals surface area contributed by atoms with Crippen molar-refractivity contribution in [3.63, 3.8) is 0 Å². The second-order valence-electron chi connectivity index (χ2n) is 4.31. The predicted octanol–water partition coefficient (Wildman–Crippen LogP) is 4.78. The summed E-state index contributed by atoms with van der Waals surface area (Å²) in [5.74, 6) is 0. The number of halogens is 2. The van der Waals surface area contributed by atoms with E-state index in [9.17, 15) is 0 Å². The Bertz CT molecular complexity index is 497. The highest BCUT2D eigenvalue weighted by atomic mass is 35.5. The molecule has 4 heteroatoms. The van der Waals surface area contributed by atoms with E-state index in [-0.39, 0.29) is 0 Å². The van der Waals surface area contributed by atoms with Crippen molar-refractivity contribution in [2.75, 3.05) is 0 Å². The van der Waals surface area contributed by atoms with Crippen LogP contribution in [0.15, 0.2) is 35.7 Å². The van der Waals surface area contributed by atoms with Crippen LogP contribution in [0, 0.1) is 0 Å². The van der Waals surface area contributed by atoms with Crippen LogP contribution < -0.4 is 5.32 Å². The molecule has 0 spiro atoms. The van der Waals surface area contributed by atoms with Crippen molar-refractivity contribution in [1.82, 2.24) is 5.32 Å². The molecule has 1 aromatic carbocycles. The van der Waals surface area contributed by atoms with E-state index in [0.29, 0.717) is 16.1 Å². The van der Waals surface area contributed by atoms with Crippen LogP contribution in [0.4, 0.5) is 0 Å². The van der Waals surface area contributed by atoms with Gasteiger partial charge in [0.2, 0.25) is 0 Å². The minimum atomic E-state index is 0.443. The van der Waals surface area contributed by atoms with E-state index in [4.69, 9.17) is 23.2 Å². The topological polar surface area (TPSA) is 12.0 Å². The van der Waals surface area contributed by atoms with Crippen molar-refractivity contribution >= 4 is 34.5 Å². The van der Waals surface area contributed by atoms with Crippen LogP contribution in [0.5, 0.6) is 0 Å². The first-order valence-electron chi connectivity index (χ1n) is 5.85. The fourth-order valence-electron chi connectivity index (χ4n) is 1.74. The highest BCUT2D eigenvalue weighted by Crippen LogP contribution is 2.22. The molecule has 1 nitrogen and oxygen atoms in total. The van der Waals surface area contributed by atoms with Crippen LogP contribution in [-0.4, -0.2) is 6.04 Å². The van der Waals surface area contributed by atoms with Crippen molar-refractivity contribution < 1.29 is 0 Å². The summed E-state index contributed by atoms with van der Waals surface area (Å²) in [6.07, 6.45) is 1.05. The SMILES string of the molecule is CC(Cc1cccs1)NCc1ccc(Cl)c(Cl)c1. The summed E-state index contributed by atoms with van der Waals surface area (Å²) < 4.78 is 0. The molecule has 0 amide bonds. The zero-order valence-electron chi connectivity index (χ0n) is 10.1. The summed E-state index contributed by atoms with van der Waals surface area (Å²) in [7, 11) is 0. The molecule has 0 aliphatic heterocycles. The molecule has 0 saturated carbocycles. The summed E-state index contributed by atoms with van der Waals surface area (Å²) in [6, 6.07) is 10.4. The Balaban J connectivity index is 1.85. The summed E-state index contributed by atoms with van der Waals surface area (Å²) in [5.41, 5.74) is 1.16. The molecule has 0 bridgehead atoms. The van der Waals surface area contributed by atoms with Crippen molar-refractivity contribution in [2.45, 2.75) is 25.9 Å². The molecule has 1 aromatic heterocycles. The Kier molecular flexibility index (Phi) is 5.07. The monoisotopic (exact) mass is 299 g/mol. The Morgan fingerprint density at radius 2 is 2.06 bits per heavy atom. The summed E-state index contributed by atoms with van der Waals surface area (Å²) in [5, 5.41) is 6.82. The normalized spacial score (nSPS) is 12.6. The van der Waals surface area contributed by atoms with E-state index in [0.717, 1.165) is 18.5 Å².